The smallest absolute Gasteiger partial charge is 0.356 e. The Morgan fingerprint density at radius 3 is 2.44 bits per heavy atom. The molecule has 4 amide bonds. The lowest BCUT2D eigenvalue weighted by atomic mass is 9.89. The number of amides is 4. The van der Waals surface area contributed by atoms with Crippen molar-refractivity contribution in [3.63, 3.8) is 0 Å². The van der Waals surface area contributed by atoms with Gasteiger partial charge < -0.3 is 20.9 Å². The number of carbonyl (C=O) groups is 5. The van der Waals surface area contributed by atoms with Gasteiger partial charge in [0.1, 0.15) is 12.6 Å². The molecule has 2 saturated carbocycles. The van der Waals surface area contributed by atoms with Crippen LogP contribution in [-0.4, -0.2) is 78.5 Å². The van der Waals surface area contributed by atoms with E-state index >= 15 is 0 Å². The molecule has 39 heavy (non-hydrogen) atoms. The summed E-state index contributed by atoms with van der Waals surface area (Å²) >= 11 is 0. The molecule has 0 aromatic rings. The van der Waals surface area contributed by atoms with Crippen molar-refractivity contribution in [3.8, 4) is 0 Å². The van der Waals surface area contributed by atoms with E-state index in [1.165, 1.54) is 4.90 Å². The zero-order chi connectivity index (χ0) is 28.5. The summed E-state index contributed by atoms with van der Waals surface area (Å²) in [6.07, 6.45) is 0.346. The molecule has 13 heteroatoms. The molecular weight excluding hydrogens is 521 g/mol. The minimum absolute atomic E-state index is 0.0356. The Morgan fingerprint density at radius 1 is 1.10 bits per heavy atom. The summed E-state index contributed by atoms with van der Waals surface area (Å²) in [7, 11) is 0. The first-order chi connectivity index (χ1) is 18.3. The number of carbonyl (C=O) groups excluding carboxylic acids is 5. The van der Waals surface area contributed by atoms with Crippen LogP contribution in [0.5, 0.6) is 0 Å². The summed E-state index contributed by atoms with van der Waals surface area (Å²) in [6.45, 7) is 3.21. The lowest BCUT2D eigenvalue weighted by molar-refractivity contribution is -0.321. The fourth-order valence-corrected chi connectivity index (χ4v) is 6.55. The maximum Gasteiger partial charge on any atom is 0.522 e. The Bertz CT molecular complexity index is 997. The van der Waals surface area contributed by atoms with Crippen LogP contribution in [-0.2, 0) is 28.7 Å². The monoisotopic (exact) mass is 558 g/mol. The van der Waals surface area contributed by atoms with E-state index in [-0.39, 0.29) is 42.2 Å². The van der Waals surface area contributed by atoms with E-state index in [0.717, 1.165) is 32.1 Å². The van der Waals surface area contributed by atoms with Crippen LogP contribution in [0.2, 0.25) is 0 Å². The highest BCUT2D eigenvalue weighted by molar-refractivity contribution is 6.35. The third-order valence-corrected chi connectivity index (χ3v) is 8.88. The summed E-state index contributed by atoms with van der Waals surface area (Å²) < 4.78 is 41.6. The fourth-order valence-electron chi connectivity index (χ4n) is 6.55. The molecule has 2 aliphatic heterocycles. The summed E-state index contributed by atoms with van der Waals surface area (Å²) in [4.78, 5) is 65.8. The van der Waals surface area contributed by atoms with Crippen LogP contribution in [0, 0.1) is 23.2 Å². The minimum Gasteiger partial charge on any atom is -0.356 e. The molecule has 4 rings (SSSR count). The SMILES string of the molecule is CC1(C)[C@@H]2[C@@H](C(=O)N[C@@H](C[C@@H]3CCCNC3=O)C(=O)COC(F)(F)F)N(C(=O)C(=O)NC3CCCCC3)C[C@@H]21. The number of rotatable bonds is 8. The van der Waals surface area contributed by atoms with Crippen molar-refractivity contribution in [1.29, 1.82) is 0 Å². The van der Waals surface area contributed by atoms with E-state index in [4.69, 9.17) is 0 Å². The minimum atomic E-state index is -5.04. The second kappa shape index (κ2) is 11.4. The van der Waals surface area contributed by atoms with Gasteiger partial charge in [-0.1, -0.05) is 33.1 Å². The Balaban J connectivity index is 1.48. The van der Waals surface area contributed by atoms with Crippen LogP contribution in [0.25, 0.3) is 0 Å². The molecular formula is C26H37F3N4O6. The van der Waals surface area contributed by atoms with Gasteiger partial charge in [-0.25, -0.2) is 0 Å². The Hall–Kier alpha value is -2.70. The van der Waals surface area contributed by atoms with E-state index in [0.29, 0.717) is 19.4 Å². The van der Waals surface area contributed by atoms with Crippen LogP contribution in [0.1, 0.15) is 65.2 Å². The van der Waals surface area contributed by atoms with E-state index in [9.17, 15) is 37.1 Å². The zero-order valence-electron chi connectivity index (χ0n) is 22.3. The highest BCUT2D eigenvalue weighted by Gasteiger charge is 2.69. The molecule has 0 aromatic heterocycles. The molecule has 2 aliphatic carbocycles. The van der Waals surface area contributed by atoms with Gasteiger partial charge in [0.15, 0.2) is 5.78 Å². The van der Waals surface area contributed by atoms with Gasteiger partial charge in [-0.3, -0.25) is 28.7 Å². The molecule has 0 aromatic carbocycles. The van der Waals surface area contributed by atoms with Crippen molar-refractivity contribution >= 4 is 29.4 Å². The molecule has 4 aliphatic rings. The number of likely N-dealkylation sites (tertiary alicyclic amines) is 1. The second-order valence-electron chi connectivity index (χ2n) is 11.8. The van der Waals surface area contributed by atoms with Gasteiger partial charge in [-0.05, 0) is 49.4 Å². The highest BCUT2D eigenvalue weighted by Crippen LogP contribution is 2.64. The molecule has 4 fully saturated rings. The first-order valence-corrected chi connectivity index (χ1v) is 13.7. The number of halogens is 3. The van der Waals surface area contributed by atoms with Crippen LogP contribution in [0.15, 0.2) is 0 Å². The van der Waals surface area contributed by atoms with E-state index in [1.54, 1.807) is 0 Å². The molecule has 2 saturated heterocycles. The number of hydrogen-bond donors (Lipinski definition) is 3. The molecule has 0 spiro atoms. The first-order valence-electron chi connectivity index (χ1n) is 13.7. The number of nitrogens with zero attached hydrogens (tertiary/aromatic N) is 1. The van der Waals surface area contributed by atoms with Crippen LogP contribution in [0.3, 0.4) is 0 Å². The van der Waals surface area contributed by atoms with Crippen molar-refractivity contribution in [2.75, 3.05) is 19.7 Å². The molecule has 5 atom stereocenters. The summed E-state index contributed by atoms with van der Waals surface area (Å²) in [6, 6.07) is -2.59. The largest absolute Gasteiger partial charge is 0.522 e. The van der Waals surface area contributed by atoms with E-state index < -0.39 is 54.5 Å². The average molecular weight is 559 g/mol. The van der Waals surface area contributed by atoms with Gasteiger partial charge in [0.05, 0.1) is 6.04 Å². The number of piperidine rings is 2. The lowest BCUT2D eigenvalue weighted by Gasteiger charge is -2.32. The van der Waals surface area contributed by atoms with Crippen molar-refractivity contribution in [2.45, 2.75) is 89.7 Å². The third-order valence-electron chi connectivity index (χ3n) is 8.88. The number of Topliss-reactive ketones (excluding diaryl/α,β-unsaturated/α-hetero) is 1. The van der Waals surface area contributed by atoms with Crippen molar-refractivity contribution < 1.29 is 41.9 Å². The van der Waals surface area contributed by atoms with Crippen LogP contribution < -0.4 is 16.0 Å². The van der Waals surface area contributed by atoms with Crippen LogP contribution >= 0.6 is 0 Å². The number of ketones is 1. The molecule has 0 radical (unpaired) electrons. The van der Waals surface area contributed by atoms with E-state index in [2.05, 4.69) is 20.7 Å². The van der Waals surface area contributed by atoms with Gasteiger partial charge in [0.2, 0.25) is 11.8 Å². The Labute approximate surface area is 225 Å². The number of nitrogens with one attached hydrogen (secondary N) is 3. The topological polar surface area (TPSA) is 134 Å². The predicted molar refractivity (Wildman–Crippen MR) is 131 cm³/mol. The number of hydrogen-bond acceptors (Lipinski definition) is 6. The molecule has 218 valence electrons. The molecule has 0 unspecified atom stereocenters. The quantitative estimate of drug-likeness (QED) is 0.386. The van der Waals surface area contributed by atoms with Gasteiger partial charge in [-0.2, -0.15) is 0 Å². The summed E-state index contributed by atoms with van der Waals surface area (Å²) in [5, 5.41) is 7.95. The fraction of sp³-hybridized carbons (Fsp3) is 0.808. The van der Waals surface area contributed by atoms with Gasteiger partial charge >= 0.3 is 18.2 Å². The number of alkyl halides is 3. The molecule has 0 bridgehead atoms. The van der Waals surface area contributed by atoms with Gasteiger partial charge in [0, 0.05) is 25.0 Å². The zero-order valence-corrected chi connectivity index (χ0v) is 22.3. The highest BCUT2D eigenvalue weighted by atomic mass is 19.4. The van der Waals surface area contributed by atoms with Crippen molar-refractivity contribution in [1.82, 2.24) is 20.9 Å². The van der Waals surface area contributed by atoms with Gasteiger partial charge in [0.25, 0.3) is 0 Å². The standard InChI is InChI=1S/C26H37F3N4O6/c1-25(2)16-12-33(24(38)23(37)31-15-8-4-3-5-9-15)20(19(16)25)22(36)32-17(18(34)13-39-26(27,28)29)11-14-7-6-10-30-21(14)35/h14-17,19-20H,3-13H2,1-2H3,(H,30,35)(H,31,37)(H,32,36)/t14-,16-,17-,19-,20-/m0/s1. The summed E-state index contributed by atoms with van der Waals surface area (Å²) in [5.41, 5.74) is -0.291. The Morgan fingerprint density at radius 2 is 1.79 bits per heavy atom. The predicted octanol–water partition coefficient (Wildman–Crippen LogP) is 1.42. The molecule has 3 N–H and O–H groups in total. The van der Waals surface area contributed by atoms with Gasteiger partial charge in [-0.15, -0.1) is 13.2 Å². The number of ether oxygens (including phenoxy) is 1. The number of fused-ring (bicyclic) bond motifs is 1. The lowest BCUT2D eigenvalue weighted by Crippen LogP contribution is -2.57. The Kier molecular flexibility index (Phi) is 8.58. The van der Waals surface area contributed by atoms with Crippen LogP contribution in [0.4, 0.5) is 13.2 Å². The third kappa shape index (κ3) is 6.72. The second-order valence-corrected chi connectivity index (χ2v) is 11.8. The molecule has 10 nitrogen and oxygen atoms in total. The van der Waals surface area contributed by atoms with Crippen molar-refractivity contribution in [2.24, 2.45) is 23.2 Å². The first kappa shape index (κ1) is 29.3. The maximum atomic E-state index is 13.6. The maximum absolute atomic E-state index is 13.6. The summed E-state index contributed by atoms with van der Waals surface area (Å²) in [5.74, 6) is -4.71. The normalized spacial score (nSPS) is 29.2. The average Bonchev–Trinajstić information content (AvgIpc) is 3.20. The van der Waals surface area contributed by atoms with Crippen molar-refractivity contribution in [3.05, 3.63) is 0 Å². The van der Waals surface area contributed by atoms with E-state index in [1.807, 2.05) is 13.8 Å². The molecule has 2 heterocycles.